The summed E-state index contributed by atoms with van der Waals surface area (Å²) in [5, 5.41) is 10.4. The van der Waals surface area contributed by atoms with Gasteiger partial charge in [0.15, 0.2) is 0 Å². The highest BCUT2D eigenvalue weighted by molar-refractivity contribution is 5.76. The minimum Gasteiger partial charge on any atom is -0.339 e. The van der Waals surface area contributed by atoms with Gasteiger partial charge in [0.25, 0.3) is 0 Å². The van der Waals surface area contributed by atoms with E-state index in [4.69, 9.17) is 0 Å². The lowest BCUT2D eigenvalue weighted by Gasteiger charge is -2.29. The lowest BCUT2D eigenvalue weighted by molar-refractivity contribution is -0.133. The van der Waals surface area contributed by atoms with Crippen LogP contribution in [0.2, 0.25) is 0 Å². The van der Waals surface area contributed by atoms with E-state index < -0.39 is 0 Å². The topological polar surface area (TPSA) is 65.1 Å². The Labute approximate surface area is 142 Å². The van der Waals surface area contributed by atoms with Gasteiger partial charge in [0.05, 0.1) is 11.9 Å². The maximum absolute atomic E-state index is 12.6. The zero-order valence-electron chi connectivity index (χ0n) is 14.2. The van der Waals surface area contributed by atoms with Gasteiger partial charge in [-0.1, -0.05) is 30.3 Å². The van der Waals surface area contributed by atoms with Gasteiger partial charge in [-0.15, -0.1) is 0 Å². The number of nitrogens with zero attached hydrogens (tertiary/aromatic N) is 4. The van der Waals surface area contributed by atoms with Gasteiger partial charge in [0.1, 0.15) is 0 Å². The highest BCUT2D eigenvalue weighted by atomic mass is 16.2. The summed E-state index contributed by atoms with van der Waals surface area (Å²) in [6.07, 6.45) is 3.84. The molecule has 0 spiro atoms. The number of rotatable bonds is 5. The SMILES string of the molecule is CC1CN(Cc2ccccc2)CCCN1C(=O)CCc1cn[nH]n1. The Morgan fingerprint density at radius 2 is 2.12 bits per heavy atom. The van der Waals surface area contributed by atoms with Crippen LogP contribution in [0.3, 0.4) is 0 Å². The first-order chi connectivity index (χ1) is 11.7. The number of carbonyl (C=O) groups excluding carboxylic acids is 1. The van der Waals surface area contributed by atoms with Crippen LogP contribution >= 0.6 is 0 Å². The van der Waals surface area contributed by atoms with Gasteiger partial charge in [-0.2, -0.15) is 15.4 Å². The van der Waals surface area contributed by atoms with Crippen molar-refractivity contribution in [1.82, 2.24) is 25.2 Å². The van der Waals surface area contributed by atoms with E-state index >= 15 is 0 Å². The number of carbonyl (C=O) groups is 1. The van der Waals surface area contributed by atoms with E-state index in [1.165, 1.54) is 5.56 Å². The maximum Gasteiger partial charge on any atom is 0.223 e. The Morgan fingerprint density at radius 3 is 2.88 bits per heavy atom. The van der Waals surface area contributed by atoms with Crippen molar-refractivity contribution in [1.29, 1.82) is 0 Å². The number of H-pyrrole nitrogens is 1. The van der Waals surface area contributed by atoms with Crippen LogP contribution in [0, 0.1) is 0 Å². The standard InChI is InChI=1S/C18H25N5O/c1-15-13-22(14-16-6-3-2-4-7-16)10-5-11-23(15)18(24)9-8-17-12-19-21-20-17/h2-4,6-7,12,15H,5,8-11,13-14H2,1H3,(H,19,20,21). The Balaban J connectivity index is 1.53. The Kier molecular flexibility index (Phi) is 5.59. The first-order valence-electron chi connectivity index (χ1n) is 8.63. The molecule has 0 saturated carbocycles. The Hall–Kier alpha value is -2.21. The molecule has 6 nitrogen and oxygen atoms in total. The van der Waals surface area contributed by atoms with Crippen molar-refractivity contribution in [2.75, 3.05) is 19.6 Å². The molecule has 1 aromatic heterocycles. The van der Waals surface area contributed by atoms with Crippen LogP contribution in [-0.4, -0.2) is 56.8 Å². The van der Waals surface area contributed by atoms with Crippen molar-refractivity contribution in [3.05, 3.63) is 47.8 Å². The van der Waals surface area contributed by atoms with Crippen LogP contribution in [0.15, 0.2) is 36.5 Å². The van der Waals surface area contributed by atoms with Crippen molar-refractivity contribution >= 4 is 5.91 Å². The molecule has 0 bridgehead atoms. The zero-order valence-corrected chi connectivity index (χ0v) is 14.2. The number of amides is 1. The number of aromatic nitrogens is 3. The molecular formula is C18H25N5O. The molecule has 6 heteroatoms. The molecule has 1 aliphatic heterocycles. The third-order valence-electron chi connectivity index (χ3n) is 4.56. The molecule has 128 valence electrons. The summed E-state index contributed by atoms with van der Waals surface area (Å²) < 4.78 is 0. The fraction of sp³-hybridized carbons (Fsp3) is 0.500. The quantitative estimate of drug-likeness (QED) is 0.910. The monoisotopic (exact) mass is 327 g/mol. The summed E-state index contributed by atoms with van der Waals surface area (Å²) in [6.45, 7) is 5.89. The Morgan fingerprint density at radius 1 is 1.29 bits per heavy atom. The number of aryl methyl sites for hydroxylation is 1. The minimum absolute atomic E-state index is 0.215. The third-order valence-corrected chi connectivity index (χ3v) is 4.56. The highest BCUT2D eigenvalue weighted by Gasteiger charge is 2.25. The predicted molar refractivity (Wildman–Crippen MR) is 92.2 cm³/mol. The van der Waals surface area contributed by atoms with Gasteiger partial charge in [0, 0.05) is 45.1 Å². The van der Waals surface area contributed by atoms with E-state index in [2.05, 4.69) is 51.5 Å². The second-order valence-electron chi connectivity index (χ2n) is 6.47. The van der Waals surface area contributed by atoms with Gasteiger partial charge in [-0.3, -0.25) is 9.69 Å². The molecular weight excluding hydrogens is 302 g/mol. The summed E-state index contributed by atoms with van der Waals surface area (Å²) in [4.78, 5) is 17.1. The largest absolute Gasteiger partial charge is 0.339 e. The van der Waals surface area contributed by atoms with Crippen molar-refractivity contribution < 1.29 is 4.79 Å². The molecule has 1 aromatic carbocycles. The van der Waals surface area contributed by atoms with Gasteiger partial charge < -0.3 is 4.90 Å². The zero-order chi connectivity index (χ0) is 16.8. The van der Waals surface area contributed by atoms with Crippen LogP contribution in [0.4, 0.5) is 0 Å². The molecule has 2 heterocycles. The van der Waals surface area contributed by atoms with Crippen LogP contribution < -0.4 is 0 Å². The Bertz CT molecular complexity index is 628. The predicted octanol–water partition coefficient (Wildman–Crippen LogP) is 1.86. The summed E-state index contributed by atoms with van der Waals surface area (Å²) in [7, 11) is 0. The van der Waals surface area contributed by atoms with E-state index in [1.807, 2.05) is 11.0 Å². The smallest absolute Gasteiger partial charge is 0.223 e. The molecule has 0 radical (unpaired) electrons. The molecule has 1 N–H and O–H groups in total. The van der Waals surface area contributed by atoms with E-state index in [9.17, 15) is 4.79 Å². The minimum atomic E-state index is 0.215. The lowest BCUT2D eigenvalue weighted by Crippen LogP contribution is -2.42. The van der Waals surface area contributed by atoms with E-state index in [0.717, 1.165) is 38.3 Å². The van der Waals surface area contributed by atoms with Crippen molar-refractivity contribution in [2.24, 2.45) is 0 Å². The summed E-state index contributed by atoms with van der Waals surface area (Å²) in [5.74, 6) is 0.215. The van der Waals surface area contributed by atoms with Crippen LogP contribution in [-0.2, 0) is 17.8 Å². The number of hydrogen-bond donors (Lipinski definition) is 1. The highest BCUT2D eigenvalue weighted by Crippen LogP contribution is 2.15. The fourth-order valence-corrected chi connectivity index (χ4v) is 3.33. The third kappa shape index (κ3) is 4.41. The molecule has 1 atom stereocenters. The average Bonchev–Trinajstić information content (AvgIpc) is 3.04. The van der Waals surface area contributed by atoms with Gasteiger partial charge in [-0.05, 0) is 18.9 Å². The molecule has 3 rings (SSSR count). The molecule has 2 aromatic rings. The fourth-order valence-electron chi connectivity index (χ4n) is 3.33. The van der Waals surface area contributed by atoms with Gasteiger partial charge in [-0.25, -0.2) is 0 Å². The lowest BCUT2D eigenvalue weighted by atomic mass is 10.2. The maximum atomic E-state index is 12.6. The summed E-state index contributed by atoms with van der Waals surface area (Å²) >= 11 is 0. The van der Waals surface area contributed by atoms with E-state index in [1.54, 1.807) is 6.20 Å². The molecule has 1 amide bonds. The second-order valence-corrected chi connectivity index (χ2v) is 6.47. The molecule has 0 aliphatic carbocycles. The van der Waals surface area contributed by atoms with Crippen molar-refractivity contribution in [3.8, 4) is 0 Å². The van der Waals surface area contributed by atoms with E-state index in [0.29, 0.717) is 12.8 Å². The van der Waals surface area contributed by atoms with Crippen LogP contribution in [0.5, 0.6) is 0 Å². The number of benzene rings is 1. The second kappa shape index (κ2) is 8.06. The van der Waals surface area contributed by atoms with Crippen LogP contribution in [0.1, 0.15) is 31.0 Å². The molecule has 1 fully saturated rings. The molecule has 1 unspecified atom stereocenters. The first-order valence-corrected chi connectivity index (χ1v) is 8.63. The van der Waals surface area contributed by atoms with Gasteiger partial charge in [0.2, 0.25) is 5.91 Å². The summed E-state index contributed by atoms with van der Waals surface area (Å²) in [6, 6.07) is 10.8. The number of aromatic amines is 1. The van der Waals surface area contributed by atoms with Gasteiger partial charge >= 0.3 is 0 Å². The molecule has 1 saturated heterocycles. The number of nitrogens with one attached hydrogen (secondary N) is 1. The van der Waals surface area contributed by atoms with Crippen LogP contribution in [0.25, 0.3) is 0 Å². The van der Waals surface area contributed by atoms with E-state index in [-0.39, 0.29) is 11.9 Å². The normalized spacial score (nSPS) is 19.2. The summed E-state index contributed by atoms with van der Waals surface area (Å²) in [5.41, 5.74) is 2.17. The van der Waals surface area contributed by atoms with Crippen molar-refractivity contribution in [2.45, 2.75) is 38.8 Å². The average molecular weight is 327 g/mol. The number of hydrogen-bond acceptors (Lipinski definition) is 4. The first kappa shape index (κ1) is 16.6. The molecule has 24 heavy (non-hydrogen) atoms. The molecule has 1 aliphatic rings. The van der Waals surface area contributed by atoms with Crippen molar-refractivity contribution in [3.63, 3.8) is 0 Å².